The van der Waals surface area contributed by atoms with Gasteiger partial charge in [0.15, 0.2) is 0 Å². The number of carbonyl (C=O) groups excluding carboxylic acids is 1. The highest BCUT2D eigenvalue weighted by atomic mass is 19.1. The van der Waals surface area contributed by atoms with E-state index in [-0.39, 0.29) is 28.3 Å². The molecule has 3 rings (SSSR count). The van der Waals surface area contributed by atoms with Crippen LogP contribution in [0.2, 0.25) is 0 Å². The van der Waals surface area contributed by atoms with Gasteiger partial charge in [0.05, 0.1) is 0 Å². The number of nitrogens with one attached hydrogen (secondary N) is 1. The molecule has 0 aromatic heterocycles. The van der Waals surface area contributed by atoms with Gasteiger partial charge in [-0.05, 0) is 48.1 Å². The minimum absolute atomic E-state index is 0.0525. The molecule has 0 radical (unpaired) electrons. The quantitative estimate of drug-likeness (QED) is 0.880. The molecule has 0 saturated heterocycles. The average molecular weight is 293 g/mol. The maximum Gasteiger partial charge on any atom is 0.251 e. The van der Waals surface area contributed by atoms with Gasteiger partial charge in [0.25, 0.3) is 5.91 Å². The number of benzene rings is 1. The van der Waals surface area contributed by atoms with Gasteiger partial charge in [-0.15, -0.1) is 0 Å². The third kappa shape index (κ3) is 2.07. The maximum absolute atomic E-state index is 13.2. The fourth-order valence-corrected chi connectivity index (χ4v) is 4.35. The summed E-state index contributed by atoms with van der Waals surface area (Å²) in [7, 11) is 0. The van der Waals surface area contributed by atoms with Crippen LogP contribution < -0.4 is 5.32 Å². The Kier molecular flexibility index (Phi) is 3.12. The van der Waals surface area contributed by atoms with Crippen LogP contribution in [0.15, 0.2) is 18.2 Å². The summed E-state index contributed by atoms with van der Waals surface area (Å²) in [5.41, 5.74) is 0.300. The van der Waals surface area contributed by atoms with Crippen molar-refractivity contribution < 1.29 is 13.6 Å². The molecule has 4 heteroatoms. The molecule has 0 aliphatic heterocycles. The van der Waals surface area contributed by atoms with Crippen molar-refractivity contribution in [1.29, 1.82) is 0 Å². The summed E-state index contributed by atoms with van der Waals surface area (Å²) >= 11 is 0. The molecule has 1 amide bonds. The van der Waals surface area contributed by atoms with Gasteiger partial charge < -0.3 is 5.32 Å². The van der Waals surface area contributed by atoms with Crippen molar-refractivity contribution in [3.05, 3.63) is 35.4 Å². The van der Waals surface area contributed by atoms with E-state index in [1.165, 1.54) is 6.42 Å². The summed E-state index contributed by atoms with van der Waals surface area (Å²) in [6.45, 7) is 6.74. The van der Waals surface area contributed by atoms with E-state index in [4.69, 9.17) is 0 Å². The molecule has 1 aromatic rings. The Bertz CT molecular complexity index is 578. The molecule has 1 aromatic carbocycles. The molecule has 3 unspecified atom stereocenters. The predicted molar refractivity (Wildman–Crippen MR) is 76.8 cm³/mol. The Morgan fingerprint density at radius 1 is 1.19 bits per heavy atom. The molecule has 114 valence electrons. The average Bonchev–Trinajstić information content (AvgIpc) is 2.70. The number of rotatable bonds is 2. The predicted octanol–water partition coefficient (Wildman–Crippen LogP) is 3.91. The zero-order valence-electron chi connectivity index (χ0n) is 12.7. The SMILES string of the molecule is CC1(C)C2CCC1(C)C(NC(=O)c1cc(F)cc(F)c1)C2. The van der Waals surface area contributed by atoms with Crippen molar-refractivity contribution in [2.75, 3.05) is 0 Å². The van der Waals surface area contributed by atoms with Crippen LogP contribution in [0.4, 0.5) is 8.78 Å². The van der Waals surface area contributed by atoms with Gasteiger partial charge in [-0.3, -0.25) is 4.79 Å². The van der Waals surface area contributed by atoms with Crippen molar-refractivity contribution in [3.8, 4) is 0 Å². The van der Waals surface area contributed by atoms with Crippen molar-refractivity contribution in [1.82, 2.24) is 5.32 Å². The zero-order valence-corrected chi connectivity index (χ0v) is 12.7. The van der Waals surface area contributed by atoms with Gasteiger partial charge in [-0.2, -0.15) is 0 Å². The van der Waals surface area contributed by atoms with Crippen molar-refractivity contribution in [2.45, 2.75) is 46.1 Å². The molecule has 2 bridgehead atoms. The Balaban J connectivity index is 1.80. The molecule has 2 saturated carbocycles. The van der Waals surface area contributed by atoms with Crippen LogP contribution in [-0.2, 0) is 0 Å². The van der Waals surface area contributed by atoms with E-state index in [9.17, 15) is 13.6 Å². The number of halogens is 2. The summed E-state index contributed by atoms with van der Waals surface area (Å²) in [6.07, 6.45) is 3.24. The molecule has 2 fully saturated rings. The lowest BCUT2D eigenvalue weighted by molar-refractivity contribution is 0.0825. The van der Waals surface area contributed by atoms with Crippen LogP contribution >= 0.6 is 0 Å². The number of hydrogen-bond acceptors (Lipinski definition) is 1. The lowest BCUT2D eigenvalue weighted by Crippen LogP contribution is -2.46. The third-order valence-corrected chi connectivity index (χ3v) is 6.22. The molecule has 0 spiro atoms. The smallest absolute Gasteiger partial charge is 0.251 e. The molecule has 2 aliphatic rings. The van der Waals surface area contributed by atoms with E-state index in [0.29, 0.717) is 5.92 Å². The first-order chi connectivity index (χ1) is 9.74. The highest BCUT2D eigenvalue weighted by Crippen LogP contribution is 2.65. The van der Waals surface area contributed by atoms with Crippen LogP contribution in [0.5, 0.6) is 0 Å². The molecule has 21 heavy (non-hydrogen) atoms. The Hall–Kier alpha value is -1.45. The monoisotopic (exact) mass is 293 g/mol. The number of carbonyl (C=O) groups is 1. The van der Waals surface area contributed by atoms with Crippen molar-refractivity contribution in [3.63, 3.8) is 0 Å². The van der Waals surface area contributed by atoms with Crippen molar-refractivity contribution >= 4 is 5.91 Å². The first-order valence-corrected chi connectivity index (χ1v) is 7.51. The summed E-state index contributed by atoms with van der Waals surface area (Å²) in [5, 5.41) is 3.00. The fraction of sp³-hybridized carbons (Fsp3) is 0.588. The van der Waals surface area contributed by atoms with Crippen LogP contribution in [0, 0.1) is 28.4 Å². The minimum atomic E-state index is -0.723. The van der Waals surface area contributed by atoms with Gasteiger partial charge in [0.2, 0.25) is 0 Å². The second kappa shape index (κ2) is 4.52. The number of amides is 1. The van der Waals surface area contributed by atoms with E-state index in [1.54, 1.807) is 0 Å². The third-order valence-electron chi connectivity index (χ3n) is 6.22. The summed E-state index contributed by atoms with van der Waals surface area (Å²) < 4.78 is 26.5. The van der Waals surface area contributed by atoms with Crippen molar-refractivity contribution in [2.24, 2.45) is 16.7 Å². The Labute approximate surface area is 123 Å². The second-order valence-corrected chi connectivity index (χ2v) is 7.29. The lowest BCUT2D eigenvalue weighted by Gasteiger charge is -2.39. The van der Waals surface area contributed by atoms with E-state index in [0.717, 1.165) is 31.0 Å². The summed E-state index contributed by atoms with van der Waals surface area (Å²) in [5.74, 6) is -1.22. The minimum Gasteiger partial charge on any atom is -0.349 e. The van der Waals surface area contributed by atoms with Gasteiger partial charge in [-0.1, -0.05) is 20.8 Å². The summed E-state index contributed by atoms with van der Waals surface area (Å²) in [4.78, 5) is 12.3. The fourth-order valence-electron chi connectivity index (χ4n) is 4.35. The lowest BCUT2D eigenvalue weighted by atomic mass is 9.69. The Morgan fingerprint density at radius 2 is 1.81 bits per heavy atom. The topological polar surface area (TPSA) is 29.1 Å². The number of hydrogen-bond donors (Lipinski definition) is 1. The molecule has 1 N–H and O–H groups in total. The molecule has 0 heterocycles. The van der Waals surface area contributed by atoms with Crippen LogP contribution in [0.25, 0.3) is 0 Å². The van der Waals surface area contributed by atoms with Gasteiger partial charge in [0, 0.05) is 17.7 Å². The van der Waals surface area contributed by atoms with E-state index >= 15 is 0 Å². The molecule has 2 nitrogen and oxygen atoms in total. The molecule has 2 aliphatic carbocycles. The standard InChI is InChI=1S/C17H21F2NO/c1-16(2)11-4-5-17(16,3)14(8-11)20-15(21)10-6-12(18)9-13(19)7-10/h6-7,9,11,14H,4-5,8H2,1-3H3,(H,20,21). The highest BCUT2D eigenvalue weighted by molar-refractivity contribution is 5.94. The first kappa shape index (κ1) is 14.5. The van der Waals surface area contributed by atoms with Gasteiger partial charge >= 0.3 is 0 Å². The Morgan fingerprint density at radius 3 is 2.29 bits per heavy atom. The van der Waals surface area contributed by atoms with Crippen LogP contribution in [0.1, 0.15) is 50.4 Å². The van der Waals surface area contributed by atoms with Crippen LogP contribution in [0.3, 0.4) is 0 Å². The largest absolute Gasteiger partial charge is 0.349 e. The highest BCUT2D eigenvalue weighted by Gasteiger charge is 2.61. The zero-order chi connectivity index (χ0) is 15.4. The molecule has 3 atom stereocenters. The first-order valence-electron chi connectivity index (χ1n) is 7.51. The molecular formula is C17H21F2NO. The number of fused-ring (bicyclic) bond motifs is 2. The summed E-state index contributed by atoms with van der Waals surface area (Å²) in [6, 6.07) is 3.02. The van der Waals surface area contributed by atoms with Crippen LogP contribution in [-0.4, -0.2) is 11.9 Å². The maximum atomic E-state index is 13.2. The van der Waals surface area contributed by atoms with Gasteiger partial charge in [0.1, 0.15) is 11.6 Å². The molecular weight excluding hydrogens is 272 g/mol. The second-order valence-electron chi connectivity index (χ2n) is 7.29. The normalized spacial score (nSPS) is 33.2. The van der Waals surface area contributed by atoms with Gasteiger partial charge in [-0.25, -0.2) is 8.78 Å². The van der Waals surface area contributed by atoms with E-state index < -0.39 is 11.6 Å². The van der Waals surface area contributed by atoms with E-state index in [2.05, 4.69) is 26.1 Å². The van der Waals surface area contributed by atoms with E-state index in [1.807, 2.05) is 0 Å².